The molecule has 0 spiro atoms. The molecule has 0 aliphatic heterocycles. The maximum absolute atomic E-state index is 10.4. The molecule has 0 aliphatic carbocycles. The predicted molar refractivity (Wildman–Crippen MR) is 72.4 cm³/mol. The SMILES string of the molecule is O=C=Nc1ccc(Br)cc1C(O)c1ccccc1. The Labute approximate surface area is 113 Å². The van der Waals surface area contributed by atoms with E-state index in [1.807, 2.05) is 30.3 Å². The minimum atomic E-state index is -0.823. The highest BCUT2D eigenvalue weighted by Gasteiger charge is 2.14. The van der Waals surface area contributed by atoms with Gasteiger partial charge in [-0.3, -0.25) is 0 Å². The number of benzene rings is 2. The van der Waals surface area contributed by atoms with Crippen molar-refractivity contribution in [2.24, 2.45) is 4.99 Å². The van der Waals surface area contributed by atoms with E-state index in [0.29, 0.717) is 11.3 Å². The Hall–Kier alpha value is -1.74. The van der Waals surface area contributed by atoms with Crippen LogP contribution >= 0.6 is 15.9 Å². The molecule has 0 saturated carbocycles. The maximum atomic E-state index is 10.4. The van der Waals surface area contributed by atoms with Gasteiger partial charge >= 0.3 is 0 Å². The third-order valence-corrected chi connectivity index (χ3v) is 3.06. The Bertz CT molecular complexity index is 592. The molecule has 0 fully saturated rings. The summed E-state index contributed by atoms with van der Waals surface area (Å²) in [6.07, 6.45) is 0.675. The van der Waals surface area contributed by atoms with E-state index in [2.05, 4.69) is 20.9 Å². The van der Waals surface area contributed by atoms with Gasteiger partial charge < -0.3 is 5.11 Å². The van der Waals surface area contributed by atoms with Crippen molar-refractivity contribution in [3.05, 3.63) is 64.1 Å². The number of hydrogen-bond acceptors (Lipinski definition) is 3. The zero-order valence-electron chi connectivity index (χ0n) is 9.38. The van der Waals surface area contributed by atoms with Gasteiger partial charge in [0.05, 0.1) is 5.69 Å². The van der Waals surface area contributed by atoms with Crippen LogP contribution in [0.5, 0.6) is 0 Å². The number of isocyanates is 1. The van der Waals surface area contributed by atoms with Crippen LogP contribution in [0.4, 0.5) is 5.69 Å². The summed E-state index contributed by atoms with van der Waals surface area (Å²) >= 11 is 3.34. The van der Waals surface area contributed by atoms with Crippen LogP contribution in [0.3, 0.4) is 0 Å². The van der Waals surface area contributed by atoms with Crippen molar-refractivity contribution in [1.82, 2.24) is 0 Å². The highest BCUT2D eigenvalue weighted by molar-refractivity contribution is 9.10. The van der Waals surface area contributed by atoms with Gasteiger partial charge in [-0.1, -0.05) is 46.3 Å². The number of aliphatic hydroxyl groups excluding tert-OH is 1. The molecule has 18 heavy (non-hydrogen) atoms. The summed E-state index contributed by atoms with van der Waals surface area (Å²) < 4.78 is 0.817. The molecule has 0 aromatic heterocycles. The second-order valence-electron chi connectivity index (χ2n) is 3.72. The van der Waals surface area contributed by atoms with Crippen molar-refractivity contribution in [1.29, 1.82) is 0 Å². The van der Waals surface area contributed by atoms with E-state index in [4.69, 9.17) is 0 Å². The van der Waals surface area contributed by atoms with E-state index < -0.39 is 6.10 Å². The van der Waals surface area contributed by atoms with E-state index >= 15 is 0 Å². The Kier molecular flexibility index (Phi) is 4.05. The van der Waals surface area contributed by atoms with Crippen LogP contribution in [0.15, 0.2) is 58.0 Å². The van der Waals surface area contributed by atoms with Gasteiger partial charge in [0.25, 0.3) is 0 Å². The molecule has 0 aliphatic rings. The molecule has 0 saturated heterocycles. The largest absolute Gasteiger partial charge is 0.384 e. The average molecular weight is 304 g/mol. The monoisotopic (exact) mass is 303 g/mol. The summed E-state index contributed by atoms with van der Waals surface area (Å²) in [5.74, 6) is 0. The lowest BCUT2D eigenvalue weighted by molar-refractivity contribution is 0.221. The topological polar surface area (TPSA) is 49.7 Å². The second-order valence-corrected chi connectivity index (χ2v) is 4.64. The van der Waals surface area contributed by atoms with Crippen LogP contribution < -0.4 is 0 Å². The maximum Gasteiger partial charge on any atom is 0.240 e. The van der Waals surface area contributed by atoms with Gasteiger partial charge in [-0.05, 0) is 23.8 Å². The fourth-order valence-corrected chi connectivity index (χ4v) is 2.09. The van der Waals surface area contributed by atoms with E-state index in [-0.39, 0.29) is 0 Å². The van der Waals surface area contributed by atoms with Crippen LogP contribution in [0, 0.1) is 0 Å². The van der Waals surface area contributed by atoms with Crippen molar-refractivity contribution in [2.45, 2.75) is 6.10 Å². The molecule has 2 aromatic rings. The van der Waals surface area contributed by atoms with E-state index in [0.717, 1.165) is 10.0 Å². The lowest BCUT2D eigenvalue weighted by Gasteiger charge is -2.13. The minimum Gasteiger partial charge on any atom is -0.384 e. The summed E-state index contributed by atoms with van der Waals surface area (Å²) in [6, 6.07) is 14.4. The summed E-state index contributed by atoms with van der Waals surface area (Å²) in [5, 5.41) is 10.3. The number of hydrogen-bond donors (Lipinski definition) is 1. The predicted octanol–water partition coefficient (Wildman–Crippen LogP) is 3.50. The molecule has 1 N–H and O–H groups in total. The Morgan fingerprint density at radius 3 is 2.56 bits per heavy atom. The molecular formula is C14H10BrNO2. The summed E-state index contributed by atoms with van der Waals surface area (Å²) in [7, 11) is 0. The smallest absolute Gasteiger partial charge is 0.240 e. The average Bonchev–Trinajstić information content (AvgIpc) is 2.41. The first kappa shape index (κ1) is 12.7. The van der Waals surface area contributed by atoms with Crippen molar-refractivity contribution in [3.8, 4) is 0 Å². The minimum absolute atomic E-state index is 0.421. The normalized spacial score (nSPS) is 11.7. The zero-order chi connectivity index (χ0) is 13.0. The molecule has 90 valence electrons. The van der Waals surface area contributed by atoms with Gasteiger partial charge in [-0.25, -0.2) is 4.79 Å². The number of carbonyl (C=O) groups excluding carboxylic acids is 1. The standard InChI is InChI=1S/C14H10BrNO2/c15-11-6-7-13(16-9-17)12(8-11)14(18)10-4-2-1-3-5-10/h1-8,14,18H. The zero-order valence-corrected chi connectivity index (χ0v) is 11.0. The van der Waals surface area contributed by atoms with Crippen molar-refractivity contribution < 1.29 is 9.90 Å². The van der Waals surface area contributed by atoms with Crippen LogP contribution in [-0.4, -0.2) is 11.2 Å². The first-order chi connectivity index (χ1) is 8.72. The van der Waals surface area contributed by atoms with Gasteiger partial charge in [0.15, 0.2) is 0 Å². The first-order valence-corrected chi connectivity index (χ1v) is 6.12. The first-order valence-electron chi connectivity index (χ1n) is 5.32. The third kappa shape index (κ3) is 2.74. The van der Waals surface area contributed by atoms with Crippen LogP contribution in [0.1, 0.15) is 17.2 Å². The number of nitrogens with zero attached hydrogens (tertiary/aromatic N) is 1. The van der Waals surface area contributed by atoms with Gasteiger partial charge in [0.2, 0.25) is 6.08 Å². The highest BCUT2D eigenvalue weighted by atomic mass is 79.9. The van der Waals surface area contributed by atoms with E-state index in [1.165, 1.54) is 6.08 Å². The van der Waals surface area contributed by atoms with Gasteiger partial charge in [0.1, 0.15) is 6.10 Å². The number of rotatable bonds is 3. The lowest BCUT2D eigenvalue weighted by Crippen LogP contribution is -1.99. The molecule has 0 radical (unpaired) electrons. The fourth-order valence-electron chi connectivity index (χ4n) is 1.71. The van der Waals surface area contributed by atoms with Crippen molar-refractivity contribution in [3.63, 3.8) is 0 Å². The number of halogens is 1. The third-order valence-electron chi connectivity index (χ3n) is 2.57. The fraction of sp³-hybridized carbons (Fsp3) is 0.0714. The van der Waals surface area contributed by atoms with Gasteiger partial charge in [-0.2, -0.15) is 4.99 Å². The van der Waals surface area contributed by atoms with Gasteiger partial charge in [0, 0.05) is 10.0 Å². The van der Waals surface area contributed by atoms with Crippen molar-refractivity contribution in [2.75, 3.05) is 0 Å². The lowest BCUT2D eigenvalue weighted by atomic mass is 10.0. The molecule has 0 heterocycles. The highest BCUT2D eigenvalue weighted by Crippen LogP contribution is 2.32. The molecule has 0 amide bonds. The molecule has 3 nitrogen and oxygen atoms in total. The van der Waals surface area contributed by atoms with Gasteiger partial charge in [-0.15, -0.1) is 0 Å². The Morgan fingerprint density at radius 2 is 1.89 bits per heavy atom. The molecule has 2 aromatic carbocycles. The number of aliphatic hydroxyl groups is 1. The van der Waals surface area contributed by atoms with E-state index in [1.54, 1.807) is 18.2 Å². The summed E-state index contributed by atoms with van der Waals surface area (Å²) in [4.78, 5) is 14.0. The van der Waals surface area contributed by atoms with Crippen LogP contribution in [-0.2, 0) is 4.79 Å². The molecule has 0 bridgehead atoms. The summed E-state index contributed by atoms with van der Waals surface area (Å²) in [5.41, 5.74) is 1.74. The Morgan fingerprint density at radius 1 is 1.17 bits per heavy atom. The van der Waals surface area contributed by atoms with Crippen LogP contribution in [0.25, 0.3) is 0 Å². The summed E-state index contributed by atoms with van der Waals surface area (Å²) in [6.45, 7) is 0. The van der Waals surface area contributed by atoms with Crippen LogP contribution in [0.2, 0.25) is 0 Å². The molecular weight excluding hydrogens is 294 g/mol. The van der Waals surface area contributed by atoms with Crippen molar-refractivity contribution >= 4 is 27.7 Å². The Balaban J connectivity index is 2.49. The number of aliphatic imine (C=N–C) groups is 1. The van der Waals surface area contributed by atoms with E-state index in [9.17, 15) is 9.90 Å². The molecule has 4 heteroatoms. The molecule has 1 atom stereocenters. The molecule has 1 unspecified atom stereocenters. The molecule has 2 rings (SSSR count). The quantitative estimate of drug-likeness (QED) is 0.697. The second kappa shape index (κ2) is 5.74.